The highest BCUT2D eigenvalue weighted by molar-refractivity contribution is 5.81. The van der Waals surface area contributed by atoms with Crippen molar-refractivity contribution in [1.29, 1.82) is 0 Å². The molecule has 3 aromatic rings. The molecule has 0 atom stereocenters. The summed E-state index contributed by atoms with van der Waals surface area (Å²) in [6.45, 7) is 14.4. The van der Waals surface area contributed by atoms with E-state index in [2.05, 4.69) is 19.2 Å². The van der Waals surface area contributed by atoms with Gasteiger partial charge in [-0.1, -0.05) is 18.7 Å². The minimum Gasteiger partial charge on any atom is -0.493 e. The van der Waals surface area contributed by atoms with Gasteiger partial charge in [0.2, 0.25) is 0 Å². The Morgan fingerprint density at radius 3 is 2.41 bits per heavy atom. The van der Waals surface area contributed by atoms with Crippen LogP contribution >= 0.6 is 0 Å². The van der Waals surface area contributed by atoms with Crippen molar-refractivity contribution >= 4 is 16.7 Å². The molecule has 0 aliphatic heterocycles. The van der Waals surface area contributed by atoms with Crippen LogP contribution in [0.3, 0.4) is 0 Å². The number of allylic oxidation sites excluding steroid dienone is 2. The average Bonchev–Trinajstić information content (AvgIpc) is 2.94. The zero-order valence-corrected chi connectivity index (χ0v) is 17.6. The molecule has 5 heteroatoms. The van der Waals surface area contributed by atoms with Gasteiger partial charge in [0.1, 0.15) is 6.61 Å². The summed E-state index contributed by atoms with van der Waals surface area (Å²) in [7, 11) is 1.62. The highest BCUT2D eigenvalue weighted by Gasteiger charge is 2.15. The van der Waals surface area contributed by atoms with E-state index in [0.29, 0.717) is 30.3 Å². The van der Waals surface area contributed by atoms with Gasteiger partial charge in [-0.2, -0.15) is 0 Å². The lowest BCUT2D eigenvalue weighted by Crippen LogP contribution is -2.25. The average molecular weight is 392 g/mol. The van der Waals surface area contributed by atoms with Crippen molar-refractivity contribution < 1.29 is 9.47 Å². The van der Waals surface area contributed by atoms with Crippen LogP contribution in [0.1, 0.15) is 23.6 Å². The van der Waals surface area contributed by atoms with Gasteiger partial charge in [-0.15, -0.1) is 6.58 Å². The highest BCUT2D eigenvalue weighted by atomic mass is 16.5. The molecule has 0 unspecified atom stereocenters. The molecule has 5 nitrogen and oxygen atoms in total. The van der Waals surface area contributed by atoms with Gasteiger partial charge in [0, 0.05) is 5.70 Å². The molecule has 1 aromatic heterocycles. The third-order valence-corrected chi connectivity index (χ3v) is 5.11. The van der Waals surface area contributed by atoms with Crippen molar-refractivity contribution in [3.8, 4) is 11.5 Å². The van der Waals surface area contributed by atoms with Crippen LogP contribution in [0.15, 0.2) is 54.4 Å². The van der Waals surface area contributed by atoms with Crippen LogP contribution in [0.25, 0.3) is 16.7 Å². The Hall–Kier alpha value is -3.21. The zero-order chi connectivity index (χ0) is 21.1. The largest absolute Gasteiger partial charge is 0.493 e. The first kappa shape index (κ1) is 20.5. The third kappa shape index (κ3) is 3.99. The molecular weight excluding hydrogens is 364 g/mol. The van der Waals surface area contributed by atoms with Crippen LogP contribution in [0.4, 0.5) is 0 Å². The van der Waals surface area contributed by atoms with E-state index >= 15 is 0 Å². The maximum Gasteiger partial charge on any atom is 0.333 e. The molecule has 2 aromatic carbocycles. The van der Waals surface area contributed by atoms with Gasteiger partial charge in [0.25, 0.3) is 0 Å². The minimum absolute atomic E-state index is 0.102. The number of hydrogen-bond acceptors (Lipinski definition) is 3. The van der Waals surface area contributed by atoms with Crippen molar-refractivity contribution in [3.05, 3.63) is 76.7 Å². The number of fused-ring (bicyclic) bond motifs is 1. The van der Waals surface area contributed by atoms with Crippen LogP contribution in [-0.4, -0.2) is 22.9 Å². The number of ether oxygens (including phenoxy) is 2. The molecular formula is C24H28N2O3. The topological polar surface area (TPSA) is 45.4 Å². The van der Waals surface area contributed by atoms with Crippen molar-refractivity contribution in [1.82, 2.24) is 9.13 Å². The van der Waals surface area contributed by atoms with E-state index in [4.69, 9.17) is 9.47 Å². The monoisotopic (exact) mass is 392 g/mol. The Bertz CT molecular complexity index is 1140. The quantitative estimate of drug-likeness (QED) is 0.521. The number of rotatable bonds is 8. The van der Waals surface area contributed by atoms with Crippen molar-refractivity contribution in [2.75, 3.05) is 13.7 Å². The predicted octanol–water partition coefficient (Wildman–Crippen LogP) is 4.73. The Labute approximate surface area is 171 Å². The van der Waals surface area contributed by atoms with Gasteiger partial charge in [-0.25, -0.2) is 4.79 Å². The minimum atomic E-state index is -0.102. The summed E-state index contributed by atoms with van der Waals surface area (Å²) in [6.07, 6.45) is 2.62. The lowest BCUT2D eigenvalue weighted by Gasteiger charge is -2.12. The van der Waals surface area contributed by atoms with Crippen molar-refractivity contribution in [3.63, 3.8) is 0 Å². The number of benzene rings is 2. The molecule has 29 heavy (non-hydrogen) atoms. The van der Waals surface area contributed by atoms with E-state index in [0.717, 1.165) is 34.1 Å². The number of imidazole rings is 1. The first-order chi connectivity index (χ1) is 13.9. The molecule has 0 N–H and O–H groups in total. The second-order valence-electron chi connectivity index (χ2n) is 7.26. The Morgan fingerprint density at radius 2 is 1.79 bits per heavy atom. The molecule has 152 valence electrons. The van der Waals surface area contributed by atoms with E-state index in [-0.39, 0.29) is 5.69 Å². The Kier molecular flexibility index (Phi) is 5.97. The molecule has 0 bridgehead atoms. The maximum atomic E-state index is 13.0. The third-order valence-electron chi connectivity index (χ3n) is 5.11. The fourth-order valence-corrected chi connectivity index (χ4v) is 3.46. The van der Waals surface area contributed by atoms with Gasteiger partial charge < -0.3 is 9.47 Å². The first-order valence-electron chi connectivity index (χ1n) is 9.66. The molecule has 0 aliphatic rings. The number of aromatic nitrogens is 2. The van der Waals surface area contributed by atoms with Crippen molar-refractivity contribution in [2.24, 2.45) is 0 Å². The van der Waals surface area contributed by atoms with Gasteiger partial charge in [-0.05, 0) is 68.1 Å². The van der Waals surface area contributed by atoms with Crippen LogP contribution in [-0.2, 0) is 13.0 Å². The second kappa shape index (κ2) is 8.43. The Morgan fingerprint density at radius 1 is 1.10 bits per heavy atom. The standard InChI is InChI=1S/C24H28N2O3/c1-7-8-19-9-10-22(23(15-19)28-6)29-12-11-25-20-13-17(4)18(5)14-21(20)26(16(2)3)24(25)27/h7,9-10,13-15H,1-2,8,11-12H2,3-6H3. The number of hydrogen-bond donors (Lipinski definition) is 0. The highest BCUT2D eigenvalue weighted by Crippen LogP contribution is 2.28. The SMILES string of the molecule is C=CCc1ccc(OCCn2c(=O)n(C(=C)C)c3cc(C)c(C)cc32)c(OC)c1. The maximum absolute atomic E-state index is 13.0. The van der Waals surface area contributed by atoms with Crippen LogP contribution in [0, 0.1) is 13.8 Å². The van der Waals surface area contributed by atoms with E-state index in [9.17, 15) is 4.79 Å². The molecule has 3 rings (SSSR count). The van der Waals surface area contributed by atoms with E-state index in [1.165, 1.54) is 0 Å². The van der Waals surface area contributed by atoms with Crippen LogP contribution < -0.4 is 15.2 Å². The first-order valence-corrected chi connectivity index (χ1v) is 9.66. The number of methoxy groups -OCH3 is 1. The van der Waals surface area contributed by atoms with Crippen LogP contribution in [0.5, 0.6) is 11.5 Å². The molecule has 0 saturated carbocycles. The zero-order valence-electron chi connectivity index (χ0n) is 17.6. The van der Waals surface area contributed by atoms with Gasteiger partial charge in [0.15, 0.2) is 11.5 Å². The molecule has 0 amide bonds. The Balaban J connectivity index is 1.89. The normalized spacial score (nSPS) is 10.9. The summed E-state index contributed by atoms with van der Waals surface area (Å²) in [4.78, 5) is 13.0. The molecule has 0 fully saturated rings. The van der Waals surface area contributed by atoms with E-state index in [1.807, 2.05) is 51.1 Å². The fraction of sp³-hybridized carbons (Fsp3) is 0.292. The van der Waals surface area contributed by atoms with Crippen LogP contribution in [0.2, 0.25) is 0 Å². The summed E-state index contributed by atoms with van der Waals surface area (Å²) in [5, 5.41) is 0. The van der Waals surface area contributed by atoms with Gasteiger partial charge in [0.05, 0.1) is 24.7 Å². The summed E-state index contributed by atoms with van der Waals surface area (Å²) in [5.41, 5.74) is 5.75. The smallest absolute Gasteiger partial charge is 0.333 e. The molecule has 0 spiro atoms. The lowest BCUT2D eigenvalue weighted by atomic mass is 10.1. The lowest BCUT2D eigenvalue weighted by molar-refractivity contribution is 0.279. The summed E-state index contributed by atoms with van der Waals surface area (Å²) in [5.74, 6) is 1.33. The molecule has 0 aliphatic carbocycles. The second-order valence-corrected chi connectivity index (χ2v) is 7.26. The summed E-state index contributed by atoms with van der Waals surface area (Å²) < 4.78 is 14.8. The van der Waals surface area contributed by atoms with Crippen molar-refractivity contribution in [2.45, 2.75) is 33.7 Å². The summed E-state index contributed by atoms with van der Waals surface area (Å²) in [6, 6.07) is 9.92. The van der Waals surface area contributed by atoms with E-state index in [1.54, 1.807) is 16.2 Å². The molecule has 1 heterocycles. The number of nitrogens with zero attached hydrogens (tertiary/aromatic N) is 2. The predicted molar refractivity (Wildman–Crippen MR) is 119 cm³/mol. The molecule has 0 radical (unpaired) electrons. The van der Waals surface area contributed by atoms with E-state index < -0.39 is 0 Å². The molecule has 0 saturated heterocycles. The fourth-order valence-electron chi connectivity index (χ4n) is 3.46. The van der Waals surface area contributed by atoms with Gasteiger partial charge >= 0.3 is 5.69 Å². The summed E-state index contributed by atoms with van der Waals surface area (Å²) >= 11 is 0. The van der Waals surface area contributed by atoms with Gasteiger partial charge in [-0.3, -0.25) is 9.13 Å². The number of aryl methyl sites for hydroxylation is 2.